The van der Waals surface area contributed by atoms with Crippen molar-refractivity contribution in [3.63, 3.8) is 0 Å². The van der Waals surface area contributed by atoms with Crippen LogP contribution in [0.25, 0.3) is 11.5 Å². The SMILES string of the molecule is C[C@@H](C(=O)N1CCc2c(nc(-c3ccccn3)nc2N(C)C)C1)n1cccn1. The van der Waals surface area contributed by atoms with Gasteiger partial charge in [0.1, 0.15) is 17.6 Å². The third-order valence-corrected chi connectivity index (χ3v) is 4.95. The van der Waals surface area contributed by atoms with Crippen LogP contribution in [-0.4, -0.2) is 56.2 Å². The maximum Gasteiger partial charge on any atom is 0.247 e. The molecule has 1 aliphatic rings. The summed E-state index contributed by atoms with van der Waals surface area (Å²) in [5.74, 6) is 1.51. The van der Waals surface area contributed by atoms with Crippen LogP contribution in [0.4, 0.5) is 5.82 Å². The Bertz CT molecular complexity index is 970. The average molecular weight is 377 g/mol. The van der Waals surface area contributed by atoms with Crippen molar-refractivity contribution in [3.05, 3.63) is 54.1 Å². The van der Waals surface area contributed by atoms with Crippen LogP contribution in [0.5, 0.6) is 0 Å². The highest BCUT2D eigenvalue weighted by Crippen LogP contribution is 2.28. The summed E-state index contributed by atoms with van der Waals surface area (Å²) >= 11 is 0. The first-order chi connectivity index (χ1) is 13.5. The Kier molecular flexibility index (Phi) is 4.77. The second kappa shape index (κ2) is 7.38. The average Bonchev–Trinajstić information content (AvgIpc) is 3.26. The van der Waals surface area contributed by atoms with Crippen LogP contribution in [0.2, 0.25) is 0 Å². The molecule has 0 N–H and O–H groups in total. The number of carbonyl (C=O) groups is 1. The van der Waals surface area contributed by atoms with Gasteiger partial charge < -0.3 is 9.80 Å². The minimum Gasteiger partial charge on any atom is -0.362 e. The lowest BCUT2D eigenvalue weighted by Crippen LogP contribution is -2.41. The Morgan fingerprint density at radius 2 is 2.04 bits per heavy atom. The van der Waals surface area contributed by atoms with Crippen LogP contribution in [0.3, 0.4) is 0 Å². The molecule has 3 aromatic heterocycles. The van der Waals surface area contributed by atoms with Crippen molar-refractivity contribution < 1.29 is 4.79 Å². The van der Waals surface area contributed by atoms with Gasteiger partial charge in [-0.1, -0.05) is 6.07 Å². The van der Waals surface area contributed by atoms with Crippen LogP contribution in [0.1, 0.15) is 24.2 Å². The minimum absolute atomic E-state index is 0.0405. The standard InChI is InChI=1S/C20H23N7O/c1-14(27-11-6-10-22-27)20(28)26-12-8-15-17(13-26)23-18(24-19(15)25(2)3)16-7-4-5-9-21-16/h4-7,9-11,14H,8,12-13H2,1-3H3/t14-/m0/s1. The van der Waals surface area contributed by atoms with Crippen molar-refractivity contribution in [1.82, 2.24) is 29.6 Å². The van der Waals surface area contributed by atoms with E-state index in [1.807, 2.05) is 61.3 Å². The smallest absolute Gasteiger partial charge is 0.247 e. The van der Waals surface area contributed by atoms with Gasteiger partial charge in [0.05, 0.1) is 12.2 Å². The van der Waals surface area contributed by atoms with Crippen molar-refractivity contribution in [2.45, 2.75) is 25.9 Å². The zero-order valence-corrected chi connectivity index (χ0v) is 16.3. The van der Waals surface area contributed by atoms with Crippen molar-refractivity contribution in [2.75, 3.05) is 25.5 Å². The Morgan fingerprint density at radius 3 is 2.71 bits per heavy atom. The highest BCUT2D eigenvalue weighted by molar-refractivity contribution is 5.80. The first-order valence-corrected chi connectivity index (χ1v) is 9.31. The van der Waals surface area contributed by atoms with Gasteiger partial charge >= 0.3 is 0 Å². The molecule has 0 aromatic carbocycles. The number of aromatic nitrogens is 5. The van der Waals surface area contributed by atoms with E-state index in [-0.39, 0.29) is 11.9 Å². The molecule has 0 spiro atoms. The molecule has 8 heteroatoms. The second-order valence-electron chi connectivity index (χ2n) is 7.08. The van der Waals surface area contributed by atoms with Gasteiger partial charge in [0.2, 0.25) is 5.91 Å². The van der Waals surface area contributed by atoms with Gasteiger partial charge in [-0.2, -0.15) is 5.10 Å². The summed E-state index contributed by atoms with van der Waals surface area (Å²) in [5, 5.41) is 4.20. The van der Waals surface area contributed by atoms with Crippen molar-refractivity contribution in [2.24, 2.45) is 0 Å². The summed E-state index contributed by atoms with van der Waals surface area (Å²) in [6, 6.07) is 7.16. The number of rotatable bonds is 4. The van der Waals surface area contributed by atoms with Gasteiger partial charge in [0.15, 0.2) is 5.82 Å². The molecule has 0 bridgehead atoms. The summed E-state index contributed by atoms with van der Waals surface area (Å²) in [5.41, 5.74) is 2.70. The lowest BCUT2D eigenvalue weighted by atomic mass is 10.0. The molecule has 0 aliphatic carbocycles. The fourth-order valence-corrected chi connectivity index (χ4v) is 3.47. The number of hydrogen-bond donors (Lipinski definition) is 0. The van der Waals surface area contributed by atoms with Crippen LogP contribution >= 0.6 is 0 Å². The summed E-state index contributed by atoms with van der Waals surface area (Å²) in [6.45, 7) is 2.98. The van der Waals surface area contributed by atoms with Gasteiger partial charge in [-0.3, -0.25) is 14.5 Å². The van der Waals surface area contributed by atoms with Gasteiger partial charge in [0.25, 0.3) is 0 Å². The van der Waals surface area contributed by atoms with E-state index in [1.165, 1.54) is 0 Å². The number of amides is 1. The molecule has 0 unspecified atom stereocenters. The first kappa shape index (κ1) is 18.1. The van der Waals surface area contributed by atoms with Crippen LogP contribution < -0.4 is 4.90 Å². The molecule has 1 amide bonds. The lowest BCUT2D eigenvalue weighted by molar-refractivity contribution is -0.135. The molecule has 0 saturated carbocycles. The maximum atomic E-state index is 13.0. The molecular weight excluding hydrogens is 354 g/mol. The zero-order chi connectivity index (χ0) is 19.7. The molecule has 0 radical (unpaired) electrons. The fourth-order valence-electron chi connectivity index (χ4n) is 3.47. The highest BCUT2D eigenvalue weighted by atomic mass is 16.2. The van der Waals surface area contributed by atoms with Crippen molar-refractivity contribution in [3.8, 4) is 11.5 Å². The predicted octanol–water partition coefficient (Wildman–Crippen LogP) is 1.95. The van der Waals surface area contributed by atoms with Gasteiger partial charge in [0, 0.05) is 44.8 Å². The highest BCUT2D eigenvalue weighted by Gasteiger charge is 2.29. The molecule has 1 aliphatic heterocycles. The third kappa shape index (κ3) is 3.33. The number of nitrogens with zero attached hydrogens (tertiary/aromatic N) is 7. The normalized spacial score (nSPS) is 14.5. The molecule has 8 nitrogen and oxygen atoms in total. The minimum atomic E-state index is -0.345. The quantitative estimate of drug-likeness (QED) is 0.691. The Balaban J connectivity index is 1.67. The topological polar surface area (TPSA) is 80.0 Å². The van der Waals surface area contributed by atoms with E-state index in [0.717, 1.165) is 29.2 Å². The zero-order valence-electron chi connectivity index (χ0n) is 16.3. The summed E-state index contributed by atoms with van der Waals surface area (Å²) in [6.07, 6.45) is 5.95. The van der Waals surface area contributed by atoms with Gasteiger partial charge in [-0.15, -0.1) is 0 Å². The fraction of sp³-hybridized carbons (Fsp3) is 0.350. The van der Waals surface area contributed by atoms with Crippen molar-refractivity contribution >= 4 is 11.7 Å². The summed E-state index contributed by atoms with van der Waals surface area (Å²) in [4.78, 5) is 30.7. The number of pyridine rings is 1. The molecule has 4 heterocycles. The van der Waals surface area contributed by atoms with Crippen LogP contribution in [0.15, 0.2) is 42.9 Å². The predicted molar refractivity (Wildman–Crippen MR) is 106 cm³/mol. The molecule has 144 valence electrons. The third-order valence-electron chi connectivity index (χ3n) is 4.95. The van der Waals surface area contributed by atoms with E-state index >= 15 is 0 Å². The second-order valence-corrected chi connectivity index (χ2v) is 7.08. The van der Waals surface area contributed by atoms with E-state index in [1.54, 1.807) is 17.1 Å². The largest absolute Gasteiger partial charge is 0.362 e. The van der Waals surface area contributed by atoms with Gasteiger partial charge in [-0.05, 0) is 31.5 Å². The molecular formula is C20H23N7O. The Hall–Kier alpha value is -3.29. The van der Waals surface area contributed by atoms with Crippen LogP contribution in [0, 0.1) is 0 Å². The number of carbonyl (C=O) groups excluding carboxylic acids is 1. The lowest BCUT2D eigenvalue weighted by Gasteiger charge is -2.32. The molecule has 1 atom stereocenters. The molecule has 4 rings (SSSR count). The monoisotopic (exact) mass is 377 g/mol. The number of hydrogen-bond acceptors (Lipinski definition) is 6. The van der Waals surface area contributed by atoms with E-state index in [9.17, 15) is 4.79 Å². The Morgan fingerprint density at radius 1 is 1.18 bits per heavy atom. The van der Waals surface area contributed by atoms with E-state index in [4.69, 9.17) is 9.97 Å². The van der Waals surface area contributed by atoms with E-state index in [0.29, 0.717) is 18.9 Å². The number of anilines is 1. The summed E-state index contributed by atoms with van der Waals surface area (Å²) in [7, 11) is 3.95. The van der Waals surface area contributed by atoms with E-state index < -0.39 is 0 Å². The number of fused-ring (bicyclic) bond motifs is 1. The van der Waals surface area contributed by atoms with Crippen molar-refractivity contribution in [1.29, 1.82) is 0 Å². The molecule has 0 saturated heterocycles. The van der Waals surface area contributed by atoms with E-state index in [2.05, 4.69) is 10.1 Å². The first-order valence-electron chi connectivity index (χ1n) is 9.31. The molecule has 3 aromatic rings. The summed E-state index contributed by atoms with van der Waals surface area (Å²) < 4.78 is 1.68. The van der Waals surface area contributed by atoms with Gasteiger partial charge in [-0.25, -0.2) is 9.97 Å². The molecule has 0 fully saturated rings. The Labute approximate surface area is 163 Å². The van der Waals surface area contributed by atoms with Crippen LogP contribution in [-0.2, 0) is 17.8 Å². The molecule has 28 heavy (non-hydrogen) atoms. The maximum absolute atomic E-state index is 13.0.